The van der Waals surface area contributed by atoms with E-state index in [1.807, 2.05) is 36.1 Å². The number of hydrogen-bond acceptors (Lipinski definition) is 5. The molecule has 2 fully saturated rings. The first kappa shape index (κ1) is 21.2. The molecule has 4 atom stereocenters. The molecule has 0 spiro atoms. The number of likely N-dealkylation sites (tertiary alicyclic amines) is 1. The van der Waals surface area contributed by atoms with Gasteiger partial charge in [-0.2, -0.15) is 0 Å². The minimum absolute atomic E-state index is 0.0203. The van der Waals surface area contributed by atoms with Gasteiger partial charge in [-0.15, -0.1) is 0 Å². The molecule has 7 nitrogen and oxygen atoms in total. The van der Waals surface area contributed by atoms with Crippen molar-refractivity contribution in [1.82, 2.24) is 14.4 Å². The molecule has 2 saturated heterocycles. The van der Waals surface area contributed by atoms with Crippen molar-refractivity contribution in [2.24, 2.45) is 5.92 Å². The average Bonchev–Trinajstić information content (AvgIpc) is 2.79. The molecule has 0 unspecified atom stereocenters. The summed E-state index contributed by atoms with van der Waals surface area (Å²) in [4.78, 5) is 31.0. The number of morpholine rings is 1. The van der Waals surface area contributed by atoms with Crippen LogP contribution in [0.15, 0.2) is 47.3 Å². The van der Waals surface area contributed by atoms with E-state index in [2.05, 4.69) is 17.0 Å². The van der Waals surface area contributed by atoms with E-state index in [1.165, 1.54) is 5.56 Å². The lowest BCUT2D eigenvalue weighted by atomic mass is 9.77. The first-order valence-electron chi connectivity index (χ1n) is 11.5. The fourth-order valence-corrected chi connectivity index (χ4v) is 5.71. The fourth-order valence-electron chi connectivity index (χ4n) is 5.71. The zero-order valence-electron chi connectivity index (χ0n) is 18.8. The topological polar surface area (TPSA) is 64.0 Å². The molecular weight excluding hydrogens is 406 g/mol. The third kappa shape index (κ3) is 3.95. The first-order valence-corrected chi connectivity index (χ1v) is 11.5. The Morgan fingerprint density at radius 1 is 1.16 bits per heavy atom. The van der Waals surface area contributed by atoms with Crippen LogP contribution in [0, 0.1) is 5.92 Å². The van der Waals surface area contributed by atoms with Gasteiger partial charge in [0, 0.05) is 56.3 Å². The molecule has 4 heterocycles. The molecule has 1 amide bonds. The summed E-state index contributed by atoms with van der Waals surface area (Å²) in [6, 6.07) is 13.1. The quantitative estimate of drug-likeness (QED) is 0.734. The number of carbonyl (C=O) groups excluding carboxylic acids is 1. The number of fused-ring (bicyclic) bond motifs is 4. The van der Waals surface area contributed by atoms with Gasteiger partial charge in [-0.1, -0.05) is 18.2 Å². The van der Waals surface area contributed by atoms with E-state index in [-0.39, 0.29) is 29.4 Å². The number of aromatic nitrogens is 1. The van der Waals surface area contributed by atoms with Crippen LogP contribution in [0.3, 0.4) is 0 Å². The van der Waals surface area contributed by atoms with Gasteiger partial charge in [-0.3, -0.25) is 19.1 Å². The molecule has 170 valence electrons. The lowest BCUT2D eigenvalue weighted by molar-refractivity contribution is -0.145. The standard InChI is InChI=1S/C25H31N3O4/c1-17-13-27(9-10-32-17)25(30)24-20-12-19(22-7-4-8-23(29)28(22)24)15-26(16-20)14-18-5-3-6-21(11-18)31-2/h3-8,11,17,19-20,24H,9-10,12-16H2,1-2H3/t17-,19+,20-,24+/m0/s1. The van der Waals surface area contributed by atoms with Crippen molar-refractivity contribution in [2.75, 3.05) is 39.9 Å². The van der Waals surface area contributed by atoms with Gasteiger partial charge in [-0.25, -0.2) is 0 Å². The molecule has 0 radical (unpaired) electrons. The SMILES string of the molecule is COc1cccc(CN2C[C@H]3C[C@@H](C2)[C@H](C(=O)N2CCO[C@@H](C)C2)n2c3cccc2=O)c1. The molecular formula is C25H31N3O4. The number of piperidine rings is 1. The normalized spacial score (nSPS) is 27.6. The Labute approximate surface area is 188 Å². The minimum atomic E-state index is -0.451. The molecule has 2 bridgehead atoms. The van der Waals surface area contributed by atoms with Crippen molar-refractivity contribution in [3.8, 4) is 5.75 Å². The van der Waals surface area contributed by atoms with E-state index in [4.69, 9.17) is 9.47 Å². The van der Waals surface area contributed by atoms with E-state index in [0.717, 1.165) is 37.5 Å². The first-order chi connectivity index (χ1) is 15.5. The summed E-state index contributed by atoms with van der Waals surface area (Å²) in [5.74, 6) is 1.27. The highest BCUT2D eigenvalue weighted by molar-refractivity contribution is 5.81. The number of carbonyl (C=O) groups is 1. The van der Waals surface area contributed by atoms with Crippen molar-refractivity contribution in [1.29, 1.82) is 0 Å². The summed E-state index contributed by atoms with van der Waals surface area (Å²) in [7, 11) is 1.68. The number of benzene rings is 1. The molecule has 0 aliphatic carbocycles. The summed E-state index contributed by atoms with van der Waals surface area (Å²) < 4.78 is 12.8. The van der Waals surface area contributed by atoms with Crippen molar-refractivity contribution >= 4 is 5.91 Å². The highest BCUT2D eigenvalue weighted by atomic mass is 16.5. The number of rotatable bonds is 4. The Bertz CT molecular complexity index is 1050. The van der Waals surface area contributed by atoms with Crippen LogP contribution in [0.5, 0.6) is 5.75 Å². The Hall–Kier alpha value is -2.64. The van der Waals surface area contributed by atoms with Crippen LogP contribution in [0.1, 0.15) is 36.6 Å². The molecule has 32 heavy (non-hydrogen) atoms. The number of ether oxygens (including phenoxy) is 2. The molecule has 2 aromatic rings. The molecule has 5 rings (SSSR count). The zero-order valence-corrected chi connectivity index (χ0v) is 18.8. The van der Waals surface area contributed by atoms with Crippen molar-refractivity contribution in [2.45, 2.75) is 38.0 Å². The molecule has 7 heteroatoms. The van der Waals surface area contributed by atoms with E-state index in [9.17, 15) is 9.59 Å². The highest BCUT2D eigenvalue weighted by Crippen LogP contribution is 2.42. The maximum absolute atomic E-state index is 13.7. The van der Waals surface area contributed by atoms with E-state index in [0.29, 0.717) is 19.7 Å². The number of nitrogens with zero attached hydrogens (tertiary/aromatic N) is 3. The van der Waals surface area contributed by atoms with Crippen LogP contribution in [0.2, 0.25) is 0 Å². The Balaban J connectivity index is 1.45. The third-order valence-corrected chi connectivity index (χ3v) is 7.07. The predicted octanol–water partition coefficient (Wildman–Crippen LogP) is 2.26. The van der Waals surface area contributed by atoms with Gasteiger partial charge in [0.15, 0.2) is 0 Å². The molecule has 1 aromatic carbocycles. The predicted molar refractivity (Wildman–Crippen MR) is 121 cm³/mol. The number of hydrogen-bond donors (Lipinski definition) is 0. The maximum atomic E-state index is 13.7. The van der Waals surface area contributed by atoms with Crippen LogP contribution < -0.4 is 10.3 Å². The smallest absolute Gasteiger partial charge is 0.251 e. The second-order valence-corrected chi connectivity index (χ2v) is 9.31. The van der Waals surface area contributed by atoms with Gasteiger partial charge in [0.2, 0.25) is 5.91 Å². The Kier molecular flexibility index (Phi) is 5.78. The van der Waals surface area contributed by atoms with Crippen LogP contribution in [0.4, 0.5) is 0 Å². The van der Waals surface area contributed by atoms with Crippen molar-refractivity contribution < 1.29 is 14.3 Å². The Morgan fingerprint density at radius 3 is 2.81 bits per heavy atom. The monoisotopic (exact) mass is 437 g/mol. The largest absolute Gasteiger partial charge is 0.497 e. The van der Waals surface area contributed by atoms with E-state index < -0.39 is 6.04 Å². The summed E-state index contributed by atoms with van der Waals surface area (Å²) in [6.45, 7) is 6.18. The van der Waals surface area contributed by atoms with Crippen LogP contribution >= 0.6 is 0 Å². The molecule has 3 aliphatic heterocycles. The van der Waals surface area contributed by atoms with Gasteiger partial charge in [0.25, 0.3) is 5.56 Å². The van der Waals surface area contributed by atoms with E-state index in [1.54, 1.807) is 17.7 Å². The molecule has 0 saturated carbocycles. The maximum Gasteiger partial charge on any atom is 0.251 e. The van der Waals surface area contributed by atoms with Crippen LogP contribution in [-0.2, 0) is 16.1 Å². The highest BCUT2D eigenvalue weighted by Gasteiger charge is 2.45. The second kappa shape index (κ2) is 8.71. The summed E-state index contributed by atoms with van der Waals surface area (Å²) in [6.07, 6.45) is 0.959. The number of pyridine rings is 1. The van der Waals surface area contributed by atoms with E-state index >= 15 is 0 Å². The van der Waals surface area contributed by atoms with Gasteiger partial charge >= 0.3 is 0 Å². The van der Waals surface area contributed by atoms with Gasteiger partial charge < -0.3 is 14.4 Å². The minimum Gasteiger partial charge on any atom is -0.497 e. The molecule has 0 N–H and O–H groups in total. The van der Waals surface area contributed by atoms with Crippen molar-refractivity contribution in [3.63, 3.8) is 0 Å². The Morgan fingerprint density at radius 2 is 2.00 bits per heavy atom. The second-order valence-electron chi connectivity index (χ2n) is 9.31. The molecule has 3 aliphatic rings. The summed E-state index contributed by atoms with van der Waals surface area (Å²) >= 11 is 0. The summed E-state index contributed by atoms with van der Waals surface area (Å²) in [5, 5.41) is 0. The lowest BCUT2D eigenvalue weighted by Gasteiger charge is -2.47. The zero-order chi connectivity index (χ0) is 22.2. The average molecular weight is 438 g/mol. The summed E-state index contributed by atoms with van der Waals surface area (Å²) in [5.41, 5.74) is 2.11. The lowest BCUT2D eigenvalue weighted by Crippen LogP contribution is -2.55. The van der Waals surface area contributed by atoms with Crippen LogP contribution in [0.25, 0.3) is 0 Å². The van der Waals surface area contributed by atoms with Crippen molar-refractivity contribution in [3.05, 3.63) is 64.1 Å². The number of methoxy groups -OCH3 is 1. The molecule has 1 aromatic heterocycles. The fraction of sp³-hybridized carbons (Fsp3) is 0.520. The van der Waals surface area contributed by atoms with Gasteiger partial charge in [-0.05, 0) is 37.1 Å². The number of amides is 1. The van der Waals surface area contributed by atoms with Gasteiger partial charge in [0.1, 0.15) is 11.8 Å². The van der Waals surface area contributed by atoms with Gasteiger partial charge in [0.05, 0.1) is 19.8 Å². The van der Waals surface area contributed by atoms with Crippen LogP contribution in [-0.4, -0.2) is 66.3 Å². The third-order valence-electron chi connectivity index (χ3n) is 7.07.